The van der Waals surface area contributed by atoms with Crippen molar-refractivity contribution in [3.63, 3.8) is 0 Å². The minimum absolute atomic E-state index is 0.0822. The Morgan fingerprint density at radius 1 is 1.04 bits per heavy atom. The fraction of sp³-hybridized carbons (Fsp3) is 0.333. The van der Waals surface area contributed by atoms with Gasteiger partial charge in [0, 0.05) is 11.6 Å². The number of carbonyl (C=O) groups excluding carboxylic acids is 2. The molecular weight excluding hydrogens is 330 g/mol. The number of furan rings is 1. The molecule has 1 heterocycles. The van der Waals surface area contributed by atoms with Gasteiger partial charge in [0.1, 0.15) is 11.6 Å². The van der Waals surface area contributed by atoms with Gasteiger partial charge in [-0.25, -0.2) is 8.78 Å². The molecule has 2 amide bonds. The van der Waals surface area contributed by atoms with Crippen LogP contribution in [0.15, 0.2) is 34.7 Å². The topological polar surface area (TPSA) is 85.3 Å². The highest BCUT2D eigenvalue weighted by molar-refractivity contribution is 5.95. The third-order valence-corrected chi connectivity index (χ3v) is 4.58. The Kier molecular flexibility index (Phi) is 4.57. The van der Waals surface area contributed by atoms with Crippen LogP contribution in [0.5, 0.6) is 0 Å². The molecule has 1 aliphatic rings. The monoisotopic (exact) mass is 348 g/mol. The van der Waals surface area contributed by atoms with Gasteiger partial charge in [0.25, 0.3) is 11.8 Å². The van der Waals surface area contributed by atoms with Crippen LogP contribution in [0.3, 0.4) is 0 Å². The molecule has 132 valence electrons. The van der Waals surface area contributed by atoms with Crippen molar-refractivity contribution < 1.29 is 22.8 Å². The predicted molar refractivity (Wildman–Crippen MR) is 85.8 cm³/mol. The second kappa shape index (κ2) is 6.66. The average Bonchev–Trinajstić information content (AvgIpc) is 3.06. The van der Waals surface area contributed by atoms with Crippen LogP contribution in [0.1, 0.15) is 58.8 Å². The lowest BCUT2D eigenvalue weighted by Gasteiger charge is -2.38. The first kappa shape index (κ1) is 17.1. The van der Waals surface area contributed by atoms with Crippen molar-refractivity contribution in [2.24, 2.45) is 5.73 Å². The van der Waals surface area contributed by atoms with E-state index in [1.807, 2.05) is 0 Å². The second-order valence-electron chi connectivity index (χ2n) is 6.25. The number of halogens is 2. The molecule has 3 N–H and O–H groups in total. The lowest BCUT2D eigenvalue weighted by atomic mass is 9.76. The molecule has 3 rings (SSSR count). The molecule has 0 spiro atoms. The molecule has 1 aromatic heterocycles. The number of nitrogens with two attached hydrogens (primary N) is 1. The maximum atomic E-state index is 14.4. The summed E-state index contributed by atoms with van der Waals surface area (Å²) < 4.78 is 32.8. The van der Waals surface area contributed by atoms with Crippen molar-refractivity contribution in [3.05, 3.63) is 59.1 Å². The number of amides is 2. The van der Waals surface area contributed by atoms with Crippen LogP contribution < -0.4 is 11.1 Å². The maximum Gasteiger partial charge on any atom is 0.287 e. The molecule has 0 unspecified atom stereocenters. The summed E-state index contributed by atoms with van der Waals surface area (Å²) in [5, 5.41) is 2.83. The van der Waals surface area contributed by atoms with Crippen LogP contribution >= 0.6 is 0 Å². The lowest BCUT2D eigenvalue weighted by Crippen LogP contribution is -2.47. The molecule has 1 saturated carbocycles. The average molecular weight is 348 g/mol. The number of hydrogen-bond donors (Lipinski definition) is 2. The van der Waals surface area contributed by atoms with E-state index in [1.54, 1.807) is 0 Å². The number of rotatable bonds is 4. The zero-order valence-electron chi connectivity index (χ0n) is 13.5. The number of primary amides is 1. The lowest BCUT2D eigenvalue weighted by molar-refractivity contribution is 0.0830. The summed E-state index contributed by atoms with van der Waals surface area (Å²) in [4.78, 5) is 23.7. The molecule has 1 aromatic carbocycles. The summed E-state index contributed by atoms with van der Waals surface area (Å²) >= 11 is 0. The highest BCUT2D eigenvalue weighted by Gasteiger charge is 2.38. The molecule has 0 saturated heterocycles. The van der Waals surface area contributed by atoms with E-state index >= 15 is 0 Å². The van der Waals surface area contributed by atoms with Crippen molar-refractivity contribution in [1.29, 1.82) is 0 Å². The predicted octanol–water partition coefficient (Wildman–Crippen LogP) is 3.25. The van der Waals surface area contributed by atoms with E-state index in [9.17, 15) is 18.4 Å². The molecule has 0 bridgehead atoms. The summed E-state index contributed by atoms with van der Waals surface area (Å²) in [6.07, 6.45) is 3.66. The van der Waals surface area contributed by atoms with Crippen molar-refractivity contribution in [3.8, 4) is 0 Å². The largest absolute Gasteiger partial charge is 0.446 e. The first-order chi connectivity index (χ1) is 11.9. The summed E-state index contributed by atoms with van der Waals surface area (Å²) in [7, 11) is 0. The highest BCUT2D eigenvalue weighted by Crippen LogP contribution is 2.38. The molecular formula is C18H18F2N2O3. The Hall–Kier alpha value is -2.70. The van der Waals surface area contributed by atoms with Gasteiger partial charge in [0.2, 0.25) is 0 Å². The second-order valence-corrected chi connectivity index (χ2v) is 6.25. The normalized spacial score (nSPS) is 16.4. The van der Waals surface area contributed by atoms with Gasteiger partial charge in [-0.1, -0.05) is 25.3 Å². The van der Waals surface area contributed by atoms with Crippen molar-refractivity contribution in [2.45, 2.75) is 37.6 Å². The fourth-order valence-electron chi connectivity index (χ4n) is 3.37. The van der Waals surface area contributed by atoms with Gasteiger partial charge >= 0.3 is 0 Å². The molecule has 25 heavy (non-hydrogen) atoms. The molecule has 0 radical (unpaired) electrons. The summed E-state index contributed by atoms with van der Waals surface area (Å²) in [6, 6.07) is 6.01. The Bertz CT molecular complexity index is 810. The number of nitrogens with one attached hydrogen (secondary N) is 1. The van der Waals surface area contributed by atoms with Crippen LogP contribution in [0.2, 0.25) is 0 Å². The summed E-state index contributed by atoms with van der Waals surface area (Å²) in [6.45, 7) is 0. The van der Waals surface area contributed by atoms with Gasteiger partial charge in [-0.05, 0) is 31.0 Å². The van der Waals surface area contributed by atoms with Gasteiger partial charge in [-0.3, -0.25) is 9.59 Å². The van der Waals surface area contributed by atoms with Gasteiger partial charge in [-0.2, -0.15) is 0 Å². The SMILES string of the molecule is NC(=O)c1ccc(C(=O)NC2(c3ccc(F)cc3F)CCCCC2)o1. The van der Waals surface area contributed by atoms with Crippen LogP contribution in [0, 0.1) is 11.6 Å². The quantitative estimate of drug-likeness (QED) is 0.889. The van der Waals surface area contributed by atoms with Gasteiger partial charge < -0.3 is 15.5 Å². The molecule has 7 heteroatoms. The zero-order valence-corrected chi connectivity index (χ0v) is 13.5. The van der Waals surface area contributed by atoms with E-state index in [1.165, 1.54) is 24.3 Å². The first-order valence-electron chi connectivity index (χ1n) is 8.09. The van der Waals surface area contributed by atoms with Crippen molar-refractivity contribution in [1.82, 2.24) is 5.32 Å². The van der Waals surface area contributed by atoms with E-state index < -0.39 is 29.0 Å². The first-order valence-corrected chi connectivity index (χ1v) is 8.09. The third kappa shape index (κ3) is 3.40. The van der Waals surface area contributed by atoms with Crippen LogP contribution in [0.25, 0.3) is 0 Å². The molecule has 1 fully saturated rings. The zero-order chi connectivity index (χ0) is 18.0. The Morgan fingerprint density at radius 3 is 2.32 bits per heavy atom. The van der Waals surface area contributed by atoms with E-state index in [-0.39, 0.29) is 17.1 Å². The summed E-state index contributed by atoms with van der Waals surface area (Å²) in [5.74, 6) is -2.93. The summed E-state index contributed by atoms with van der Waals surface area (Å²) in [5.41, 5.74) is 4.43. The van der Waals surface area contributed by atoms with Crippen LogP contribution in [-0.2, 0) is 5.54 Å². The fourth-order valence-corrected chi connectivity index (χ4v) is 3.37. The standard InChI is InChI=1S/C18H18F2N2O3/c19-11-4-5-12(13(20)10-11)18(8-2-1-3-9-18)22-17(24)15-7-6-14(25-15)16(21)23/h4-7,10H,1-3,8-9H2,(H2,21,23)(H,22,24). The minimum Gasteiger partial charge on any atom is -0.446 e. The van der Waals surface area contributed by atoms with E-state index in [0.717, 1.165) is 25.3 Å². The Morgan fingerprint density at radius 2 is 1.72 bits per heavy atom. The number of carbonyl (C=O) groups is 2. The van der Waals surface area contributed by atoms with Gasteiger partial charge in [0.15, 0.2) is 11.5 Å². The number of hydrogen-bond acceptors (Lipinski definition) is 3. The third-order valence-electron chi connectivity index (χ3n) is 4.58. The van der Waals surface area contributed by atoms with Crippen molar-refractivity contribution in [2.75, 3.05) is 0 Å². The van der Waals surface area contributed by atoms with Gasteiger partial charge in [0.05, 0.1) is 5.54 Å². The van der Waals surface area contributed by atoms with Gasteiger partial charge in [-0.15, -0.1) is 0 Å². The molecule has 5 nitrogen and oxygen atoms in total. The minimum atomic E-state index is -0.938. The molecule has 1 aliphatic carbocycles. The Balaban J connectivity index is 1.92. The van der Waals surface area contributed by atoms with E-state index in [2.05, 4.69) is 5.32 Å². The number of benzene rings is 1. The maximum absolute atomic E-state index is 14.4. The molecule has 2 aromatic rings. The van der Waals surface area contributed by atoms with E-state index in [0.29, 0.717) is 12.8 Å². The van der Waals surface area contributed by atoms with Crippen LogP contribution in [0.4, 0.5) is 8.78 Å². The molecule has 0 atom stereocenters. The highest BCUT2D eigenvalue weighted by atomic mass is 19.1. The smallest absolute Gasteiger partial charge is 0.287 e. The van der Waals surface area contributed by atoms with E-state index in [4.69, 9.17) is 10.2 Å². The molecule has 0 aliphatic heterocycles. The Labute approximate surface area is 143 Å². The van der Waals surface area contributed by atoms with Crippen molar-refractivity contribution >= 4 is 11.8 Å². The van der Waals surface area contributed by atoms with Crippen LogP contribution in [-0.4, -0.2) is 11.8 Å².